The van der Waals surface area contributed by atoms with Crippen LogP contribution in [0.15, 0.2) is 24.3 Å². The summed E-state index contributed by atoms with van der Waals surface area (Å²) in [5.41, 5.74) is 1.87. The Balaban J connectivity index is 2.13. The van der Waals surface area contributed by atoms with Crippen LogP contribution < -0.4 is 4.74 Å². The van der Waals surface area contributed by atoms with Gasteiger partial charge in [0.25, 0.3) is 0 Å². The highest BCUT2D eigenvalue weighted by atomic mass is 16.5. The first-order valence-corrected chi connectivity index (χ1v) is 7.54. The number of H-pyrrole nitrogens is 1. The first-order valence-electron chi connectivity index (χ1n) is 7.54. The van der Waals surface area contributed by atoms with Crippen LogP contribution in [-0.2, 0) is 6.42 Å². The number of nitrogens with one attached hydrogen (secondary N) is 1. The second kappa shape index (κ2) is 4.49. The Morgan fingerprint density at radius 3 is 2.83 bits per heavy atom. The lowest BCUT2D eigenvalue weighted by Gasteiger charge is -2.37. The molecule has 3 aromatic rings. The maximum Gasteiger partial charge on any atom is 0.153 e. The van der Waals surface area contributed by atoms with Gasteiger partial charge in [-0.05, 0) is 26.0 Å². The van der Waals surface area contributed by atoms with Crippen molar-refractivity contribution in [2.75, 3.05) is 0 Å². The average Bonchev–Trinajstić information content (AvgIpc) is 2.88. The second-order valence-electron chi connectivity index (χ2n) is 6.56. The molecule has 0 amide bonds. The monoisotopic (exact) mass is 311 g/mol. The number of aromatic amines is 1. The minimum absolute atomic E-state index is 0.151. The van der Waals surface area contributed by atoms with E-state index in [4.69, 9.17) is 4.74 Å². The molecule has 5 nitrogen and oxygen atoms in total. The number of phenols is 1. The number of hydrogen-bond donors (Lipinski definition) is 3. The zero-order valence-electron chi connectivity index (χ0n) is 12.9. The molecule has 0 bridgehead atoms. The van der Waals surface area contributed by atoms with E-state index in [0.29, 0.717) is 23.3 Å². The van der Waals surface area contributed by atoms with E-state index in [2.05, 4.69) is 4.98 Å². The van der Waals surface area contributed by atoms with Gasteiger partial charge in [0.15, 0.2) is 6.29 Å². The van der Waals surface area contributed by atoms with Crippen LogP contribution in [-0.4, -0.2) is 33.2 Å². The molecule has 0 spiro atoms. The minimum atomic E-state index is -0.757. The second-order valence-corrected chi connectivity index (χ2v) is 6.56. The van der Waals surface area contributed by atoms with Crippen LogP contribution in [0, 0.1) is 0 Å². The van der Waals surface area contributed by atoms with Crippen molar-refractivity contribution in [1.82, 2.24) is 4.98 Å². The van der Waals surface area contributed by atoms with Crippen molar-refractivity contribution in [2.24, 2.45) is 0 Å². The van der Waals surface area contributed by atoms with Gasteiger partial charge in [-0.3, -0.25) is 4.79 Å². The lowest BCUT2D eigenvalue weighted by atomic mass is 9.88. The summed E-state index contributed by atoms with van der Waals surface area (Å²) in [4.78, 5) is 14.8. The maximum atomic E-state index is 11.5. The summed E-state index contributed by atoms with van der Waals surface area (Å²) in [5.74, 6) is 0.659. The number of phenolic OH excluding ortho intramolecular Hbond substituents is 1. The normalized spacial score (nSPS) is 19.5. The Kier molecular flexibility index (Phi) is 2.75. The summed E-state index contributed by atoms with van der Waals surface area (Å²) >= 11 is 0. The predicted octanol–water partition coefficient (Wildman–Crippen LogP) is 2.91. The van der Waals surface area contributed by atoms with E-state index < -0.39 is 11.7 Å². The Morgan fingerprint density at radius 2 is 2.09 bits per heavy atom. The quantitative estimate of drug-likeness (QED) is 0.603. The molecule has 0 aliphatic carbocycles. The van der Waals surface area contributed by atoms with Gasteiger partial charge in [-0.1, -0.05) is 12.1 Å². The molecule has 3 N–H and O–H groups in total. The molecular weight excluding hydrogens is 294 g/mol. The van der Waals surface area contributed by atoms with Gasteiger partial charge in [0.05, 0.1) is 22.7 Å². The number of aldehydes is 1. The molecule has 1 aromatic heterocycles. The standard InChI is InChI=1S/C18H17NO4/c1-18(2)14(22)7-12-15-11(6-9(8-20)17(12)23-18)10-4-3-5-13(21)16(10)19-15/h3-6,8,14,19,21-22H,7H2,1-2H3. The molecular formula is C18H17NO4. The van der Waals surface area contributed by atoms with Crippen LogP contribution in [0.25, 0.3) is 21.8 Å². The molecule has 2 aromatic carbocycles. The molecule has 1 aliphatic heterocycles. The number of carbonyl (C=O) groups is 1. The van der Waals surface area contributed by atoms with Crippen molar-refractivity contribution < 1.29 is 19.7 Å². The SMILES string of the molecule is CC1(C)Oc2c(C=O)cc3c([nH]c4c(O)cccc43)c2CC1O. The average molecular weight is 311 g/mol. The van der Waals surface area contributed by atoms with Crippen LogP contribution in [0.3, 0.4) is 0 Å². The van der Waals surface area contributed by atoms with E-state index >= 15 is 0 Å². The highest BCUT2D eigenvalue weighted by molar-refractivity contribution is 6.12. The van der Waals surface area contributed by atoms with Gasteiger partial charge in [-0.15, -0.1) is 0 Å². The molecule has 1 aliphatic rings. The van der Waals surface area contributed by atoms with Crippen molar-refractivity contribution in [3.63, 3.8) is 0 Å². The summed E-state index contributed by atoms with van der Waals surface area (Å²) in [6.45, 7) is 3.60. The lowest BCUT2D eigenvalue weighted by molar-refractivity contribution is -0.0409. The van der Waals surface area contributed by atoms with Crippen LogP contribution >= 0.6 is 0 Å². The van der Waals surface area contributed by atoms with Crippen LogP contribution in [0.2, 0.25) is 0 Å². The molecule has 23 heavy (non-hydrogen) atoms. The number of aliphatic hydroxyl groups is 1. The highest BCUT2D eigenvalue weighted by Gasteiger charge is 2.38. The number of carbonyl (C=O) groups excluding carboxylic acids is 1. The van der Waals surface area contributed by atoms with E-state index in [9.17, 15) is 15.0 Å². The molecule has 118 valence electrons. The van der Waals surface area contributed by atoms with Gasteiger partial charge in [0, 0.05) is 22.8 Å². The Morgan fingerprint density at radius 1 is 1.30 bits per heavy atom. The molecule has 5 heteroatoms. The smallest absolute Gasteiger partial charge is 0.153 e. The molecule has 4 rings (SSSR count). The highest BCUT2D eigenvalue weighted by Crippen LogP contribution is 2.42. The van der Waals surface area contributed by atoms with E-state index in [1.165, 1.54) is 0 Å². The molecule has 0 fully saturated rings. The largest absolute Gasteiger partial charge is 0.506 e. The molecule has 0 radical (unpaired) electrons. The number of aromatic hydroxyl groups is 1. The van der Waals surface area contributed by atoms with E-state index in [-0.39, 0.29) is 5.75 Å². The zero-order chi connectivity index (χ0) is 16.4. The minimum Gasteiger partial charge on any atom is -0.506 e. The van der Waals surface area contributed by atoms with Crippen LogP contribution in [0.4, 0.5) is 0 Å². The van der Waals surface area contributed by atoms with Gasteiger partial charge in [0.2, 0.25) is 0 Å². The first kappa shape index (κ1) is 14.1. The lowest BCUT2D eigenvalue weighted by Crippen LogP contribution is -2.46. The van der Waals surface area contributed by atoms with Crippen molar-refractivity contribution in [3.05, 3.63) is 35.4 Å². The molecule has 1 atom stereocenters. The van der Waals surface area contributed by atoms with Crippen LogP contribution in [0.1, 0.15) is 29.8 Å². The van der Waals surface area contributed by atoms with Gasteiger partial charge in [-0.2, -0.15) is 0 Å². The third-order valence-electron chi connectivity index (χ3n) is 4.68. The molecule has 2 heterocycles. The van der Waals surface area contributed by atoms with Crippen molar-refractivity contribution >= 4 is 28.1 Å². The number of benzene rings is 2. The number of rotatable bonds is 1. The number of hydrogen-bond acceptors (Lipinski definition) is 4. The van der Waals surface area contributed by atoms with E-state index in [1.54, 1.807) is 32.0 Å². The van der Waals surface area contributed by atoms with Gasteiger partial charge >= 0.3 is 0 Å². The topological polar surface area (TPSA) is 82.6 Å². The van der Waals surface area contributed by atoms with Gasteiger partial charge in [0.1, 0.15) is 17.1 Å². The predicted molar refractivity (Wildman–Crippen MR) is 87.3 cm³/mol. The maximum absolute atomic E-state index is 11.5. The van der Waals surface area contributed by atoms with Crippen molar-refractivity contribution in [3.8, 4) is 11.5 Å². The van der Waals surface area contributed by atoms with Gasteiger partial charge < -0.3 is 19.9 Å². The zero-order valence-corrected chi connectivity index (χ0v) is 12.9. The fourth-order valence-electron chi connectivity index (χ4n) is 3.29. The Labute approximate surface area is 132 Å². The number of para-hydroxylation sites is 1. The Bertz CT molecular complexity index is 955. The van der Waals surface area contributed by atoms with Crippen molar-refractivity contribution in [1.29, 1.82) is 0 Å². The fraction of sp³-hybridized carbons (Fsp3) is 0.278. The van der Waals surface area contributed by atoms with E-state index in [0.717, 1.165) is 28.1 Å². The van der Waals surface area contributed by atoms with Crippen molar-refractivity contribution in [2.45, 2.75) is 32.0 Å². The fourth-order valence-corrected chi connectivity index (χ4v) is 3.29. The molecule has 1 unspecified atom stereocenters. The summed E-state index contributed by atoms with van der Waals surface area (Å²) in [7, 11) is 0. The summed E-state index contributed by atoms with van der Waals surface area (Å²) < 4.78 is 5.92. The number of ether oxygens (including phenoxy) is 1. The number of fused-ring (bicyclic) bond motifs is 5. The first-order chi connectivity index (χ1) is 10.9. The Hall–Kier alpha value is -2.53. The molecule has 0 saturated heterocycles. The number of aliphatic hydroxyl groups excluding tert-OH is 1. The van der Waals surface area contributed by atoms with E-state index in [1.807, 2.05) is 6.07 Å². The van der Waals surface area contributed by atoms with Crippen LogP contribution in [0.5, 0.6) is 11.5 Å². The number of aromatic nitrogens is 1. The van der Waals surface area contributed by atoms with Gasteiger partial charge in [-0.25, -0.2) is 0 Å². The summed E-state index contributed by atoms with van der Waals surface area (Å²) in [6, 6.07) is 7.03. The third-order valence-corrected chi connectivity index (χ3v) is 4.68. The molecule has 0 saturated carbocycles. The summed E-state index contributed by atoms with van der Waals surface area (Å²) in [6.07, 6.45) is 0.474. The third kappa shape index (κ3) is 1.86. The summed E-state index contributed by atoms with van der Waals surface area (Å²) in [5, 5.41) is 22.1.